The molecule has 114 valence electrons. The van der Waals surface area contributed by atoms with Crippen molar-refractivity contribution in [2.75, 3.05) is 4.90 Å². The van der Waals surface area contributed by atoms with Gasteiger partial charge in [0.25, 0.3) is 5.91 Å². The van der Waals surface area contributed by atoms with Crippen molar-refractivity contribution in [2.24, 2.45) is 0 Å². The van der Waals surface area contributed by atoms with Crippen molar-refractivity contribution in [1.29, 1.82) is 0 Å². The van der Waals surface area contributed by atoms with Crippen LogP contribution < -0.4 is 4.90 Å². The molecule has 0 fully saturated rings. The van der Waals surface area contributed by atoms with Crippen molar-refractivity contribution in [3.05, 3.63) is 65.2 Å². The number of carboxylic acids is 1. The van der Waals surface area contributed by atoms with Crippen LogP contribution in [0.2, 0.25) is 5.02 Å². The number of aliphatic carboxylic acids is 1. The van der Waals surface area contributed by atoms with E-state index < -0.39 is 11.5 Å². The van der Waals surface area contributed by atoms with Crippen LogP contribution in [0.3, 0.4) is 0 Å². The van der Waals surface area contributed by atoms with Gasteiger partial charge in [0, 0.05) is 16.3 Å². The highest BCUT2D eigenvalue weighted by Gasteiger charge is 2.39. The van der Waals surface area contributed by atoms with Crippen LogP contribution in [0.5, 0.6) is 0 Å². The molecule has 2 aromatic carbocycles. The minimum Gasteiger partial charge on any atom is -0.480 e. The standard InChI is InChI=1S/C17H16ClNO3/c1-17(2,16(21)22)19(14-10-8-13(18)9-11-14)15(20)12-6-4-3-5-7-12/h3-11H,1-2H3,(H,21,22). The van der Waals surface area contributed by atoms with Gasteiger partial charge >= 0.3 is 5.97 Å². The molecule has 0 atom stereocenters. The molecule has 0 unspecified atom stereocenters. The number of hydrogen-bond acceptors (Lipinski definition) is 2. The highest BCUT2D eigenvalue weighted by molar-refractivity contribution is 6.30. The van der Waals surface area contributed by atoms with Crippen molar-refractivity contribution in [1.82, 2.24) is 0 Å². The van der Waals surface area contributed by atoms with E-state index in [1.165, 1.54) is 18.7 Å². The fraction of sp³-hybridized carbons (Fsp3) is 0.176. The molecule has 1 N–H and O–H groups in total. The molecule has 0 saturated heterocycles. The zero-order chi connectivity index (χ0) is 16.3. The van der Waals surface area contributed by atoms with Gasteiger partial charge < -0.3 is 5.11 Å². The lowest BCUT2D eigenvalue weighted by Gasteiger charge is -2.35. The first kappa shape index (κ1) is 16.0. The number of amides is 1. The van der Waals surface area contributed by atoms with Crippen LogP contribution in [0, 0.1) is 0 Å². The van der Waals surface area contributed by atoms with Gasteiger partial charge in [-0.15, -0.1) is 0 Å². The van der Waals surface area contributed by atoms with E-state index >= 15 is 0 Å². The van der Waals surface area contributed by atoms with Gasteiger partial charge in [0.05, 0.1) is 0 Å². The molecular weight excluding hydrogens is 302 g/mol. The summed E-state index contributed by atoms with van der Waals surface area (Å²) in [6.45, 7) is 2.98. The molecule has 0 heterocycles. The van der Waals surface area contributed by atoms with Crippen LogP contribution in [0.4, 0.5) is 5.69 Å². The Morgan fingerprint density at radius 3 is 2.05 bits per heavy atom. The SMILES string of the molecule is CC(C)(C(=O)O)N(C(=O)c1ccccc1)c1ccc(Cl)cc1. The van der Waals surface area contributed by atoms with E-state index in [2.05, 4.69) is 0 Å². The third-order valence-corrected chi connectivity index (χ3v) is 3.64. The van der Waals surface area contributed by atoms with E-state index in [4.69, 9.17) is 11.6 Å². The number of anilines is 1. The molecule has 0 aliphatic heterocycles. The number of rotatable bonds is 4. The Morgan fingerprint density at radius 2 is 1.55 bits per heavy atom. The number of carboxylic acid groups (broad SMARTS) is 1. The molecule has 0 radical (unpaired) electrons. The van der Waals surface area contributed by atoms with Gasteiger partial charge in [0.1, 0.15) is 5.54 Å². The third kappa shape index (κ3) is 3.12. The summed E-state index contributed by atoms with van der Waals surface area (Å²) < 4.78 is 0. The van der Waals surface area contributed by atoms with Gasteiger partial charge in [0.2, 0.25) is 0 Å². The highest BCUT2D eigenvalue weighted by Crippen LogP contribution is 2.28. The second kappa shape index (κ2) is 6.20. The molecule has 2 aromatic rings. The molecule has 0 spiro atoms. The summed E-state index contributed by atoms with van der Waals surface area (Å²) in [6, 6.07) is 15.1. The summed E-state index contributed by atoms with van der Waals surface area (Å²) >= 11 is 5.87. The number of halogens is 1. The summed E-state index contributed by atoms with van der Waals surface area (Å²) in [5.74, 6) is -1.47. The molecule has 0 aromatic heterocycles. The van der Waals surface area contributed by atoms with Crippen molar-refractivity contribution in [3.63, 3.8) is 0 Å². The van der Waals surface area contributed by atoms with Gasteiger partial charge in [0.15, 0.2) is 0 Å². The second-order valence-corrected chi connectivity index (χ2v) is 5.78. The van der Waals surface area contributed by atoms with Gasteiger partial charge in [-0.1, -0.05) is 29.8 Å². The van der Waals surface area contributed by atoms with Crippen molar-refractivity contribution in [2.45, 2.75) is 19.4 Å². The van der Waals surface area contributed by atoms with E-state index in [-0.39, 0.29) is 5.91 Å². The predicted octanol–water partition coefficient (Wildman–Crippen LogP) is 3.85. The first-order chi connectivity index (χ1) is 10.3. The lowest BCUT2D eigenvalue weighted by Crippen LogP contribution is -2.53. The molecule has 5 heteroatoms. The summed E-state index contributed by atoms with van der Waals surface area (Å²) in [5, 5.41) is 10.0. The average molecular weight is 318 g/mol. The smallest absolute Gasteiger partial charge is 0.329 e. The molecule has 22 heavy (non-hydrogen) atoms. The van der Waals surface area contributed by atoms with E-state index in [0.29, 0.717) is 16.3 Å². The van der Waals surface area contributed by atoms with Crippen molar-refractivity contribution >= 4 is 29.2 Å². The molecule has 1 amide bonds. The minimum atomic E-state index is -1.40. The van der Waals surface area contributed by atoms with Gasteiger partial charge in [-0.3, -0.25) is 9.69 Å². The Labute approximate surface area is 133 Å². The van der Waals surface area contributed by atoms with Gasteiger partial charge in [-0.25, -0.2) is 4.79 Å². The maximum absolute atomic E-state index is 12.8. The van der Waals surface area contributed by atoms with Crippen LogP contribution in [0.15, 0.2) is 54.6 Å². The maximum atomic E-state index is 12.8. The Morgan fingerprint density at radius 1 is 1.00 bits per heavy atom. The lowest BCUT2D eigenvalue weighted by molar-refractivity contribution is -0.141. The number of carbonyl (C=O) groups is 2. The first-order valence-corrected chi connectivity index (χ1v) is 7.10. The zero-order valence-electron chi connectivity index (χ0n) is 12.3. The number of carbonyl (C=O) groups excluding carboxylic acids is 1. The summed E-state index contributed by atoms with van der Waals surface area (Å²) in [4.78, 5) is 25.7. The van der Waals surface area contributed by atoms with E-state index in [0.717, 1.165) is 0 Å². The van der Waals surface area contributed by atoms with Crippen LogP contribution in [0.1, 0.15) is 24.2 Å². The van der Waals surface area contributed by atoms with Crippen molar-refractivity contribution < 1.29 is 14.7 Å². The molecular formula is C17H16ClNO3. The van der Waals surface area contributed by atoms with Crippen LogP contribution in [0.25, 0.3) is 0 Å². The third-order valence-electron chi connectivity index (χ3n) is 3.39. The molecule has 0 aliphatic rings. The summed E-state index contributed by atoms with van der Waals surface area (Å²) in [6.07, 6.45) is 0. The Kier molecular flexibility index (Phi) is 4.52. The number of nitrogens with zero attached hydrogens (tertiary/aromatic N) is 1. The molecule has 4 nitrogen and oxygen atoms in total. The predicted molar refractivity (Wildman–Crippen MR) is 86.4 cm³/mol. The van der Waals surface area contributed by atoms with E-state index in [1.807, 2.05) is 0 Å². The van der Waals surface area contributed by atoms with Crippen molar-refractivity contribution in [3.8, 4) is 0 Å². The van der Waals surface area contributed by atoms with Gasteiger partial charge in [-0.2, -0.15) is 0 Å². The van der Waals surface area contributed by atoms with Crippen LogP contribution in [-0.4, -0.2) is 22.5 Å². The maximum Gasteiger partial charge on any atom is 0.329 e. The molecule has 2 rings (SSSR count). The number of benzene rings is 2. The minimum absolute atomic E-state index is 0.379. The fourth-order valence-corrected chi connectivity index (χ4v) is 2.22. The monoisotopic (exact) mass is 317 g/mol. The average Bonchev–Trinajstić information content (AvgIpc) is 2.50. The second-order valence-electron chi connectivity index (χ2n) is 5.35. The van der Waals surface area contributed by atoms with Gasteiger partial charge in [-0.05, 0) is 50.2 Å². The lowest BCUT2D eigenvalue weighted by atomic mass is 10.00. The highest BCUT2D eigenvalue weighted by atomic mass is 35.5. The molecule has 0 bridgehead atoms. The summed E-state index contributed by atoms with van der Waals surface area (Å²) in [5.41, 5.74) is -0.502. The van der Waals surface area contributed by atoms with Crippen LogP contribution >= 0.6 is 11.6 Å². The first-order valence-electron chi connectivity index (χ1n) is 6.72. The quantitative estimate of drug-likeness (QED) is 0.931. The number of hydrogen-bond donors (Lipinski definition) is 1. The Balaban J connectivity index is 2.53. The van der Waals surface area contributed by atoms with E-state index in [1.54, 1.807) is 54.6 Å². The normalized spacial score (nSPS) is 11.0. The van der Waals surface area contributed by atoms with E-state index in [9.17, 15) is 14.7 Å². The topological polar surface area (TPSA) is 57.6 Å². The Bertz CT molecular complexity index is 681. The summed E-state index contributed by atoms with van der Waals surface area (Å²) in [7, 11) is 0. The molecule has 0 saturated carbocycles. The fourth-order valence-electron chi connectivity index (χ4n) is 2.09. The van der Waals surface area contributed by atoms with Crippen LogP contribution in [-0.2, 0) is 4.79 Å². The Hall–Kier alpha value is -2.33. The largest absolute Gasteiger partial charge is 0.480 e. The zero-order valence-corrected chi connectivity index (χ0v) is 13.0. The molecule has 0 aliphatic carbocycles.